The zero-order chi connectivity index (χ0) is 19.7. The van der Waals surface area contributed by atoms with E-state index in [1.54, 1.807) is 29.2 Å². The summed E-state index contributed by atoms with van der Waals surface area (Å²) in [4.78, 5) is 17.1. The molecule has 0 N–H and O–H groups in total. The highest BCUT2D eigenvalue weighted by Gasteiger charge is 2.40. The molecule has 28 heavy (non-hydrogen) atoms. The average molecular weight is 379 g/mol. The van der Waals surface area contributed by atoms with Crippen molar-refractivity contribution in [2.75, 3.05) is 24.5 Å². The minimum absolute atomic E-state index is 0.0134. The van der Waals surface area contributed by atoms with E-state index in [1.165, 1.54) is 12.1 Å². The number of morpholine rings is 1. The maximum absolute atomic E-state index is 13.2. The Labute approximate surface area is 163 Å². The van der Waals surface area contributed by atoms with Crippen molar-refractivity contribution >= 4 is 11.6 Å². The molecule has 0 aromatic heterocycles. The first kappa shape index (κ1) is 18.6. The number of hydrogen-bond donors (Lipinski definition) is 0. The fraction of sp³-hybridized carbons (Fsp3) is 0.364. The Morgan fingerprint density at radius 2 is 1.82 bits per heavy atom. The molecule has 2 fully saturated rings. The van der Waals surface area contributed by atoms with Crippen LogP contribution in [0.3, 0.4) is 0 Å². The van der Waals surface area contributed by atoms with Crippen LogP contribution in [0.25, 0.3) is 0 Å². The van der Waals surface area contributed by atoms with Gasteiger partial charge in [0.25, 0.3) is 0 Å². The molecule has 3 atom stereocenters. The van der Waals surface area contributed by atoms with Crippen LogP contribution in [-0.4, -0.2) is 42.6 Å². The minimum Gasteiger partial charge on any atom is -0.368 e. The molecule has 2 aromatic rings. The van der Waals surface area contributed by atoms with Crippen LogP contribution in [0.4, 0.5) is 10.1 Å². The van der Waals surface area contributed by atoms with Gasteiger partial charge in [0.15, 0.2) is 0 Å². The van der Waals surface area contributed by atoms with Crippen molar-refractivity contribution in [1.82, 2.24) is 4.90 Å². The first-order valence-electron chi connectivity index (χ1n) is 9.51. The van der Waals surface area contributed by atoms with Crippen LogP contribution in [0.2, 0.25) is 0 Å². The Kier molecular flexibility index (Phi) is 5.12. The Balaban J connectivity index is 1.49. The van der Waals surface area contributed by atoms with Gasteiger partial charge in [-0.25, -0.2) is 4.39 Å². The summed E-state index contributed by atoms with van der Waals surface area (Å²) in [5.41, 5.74) is 2.33. The highest BCUT2D eigenvalue weighted by molar-refractivity contribution is 5.99. The number of nitrogens with zero attached hydrogens (tertiary/aromatic N) is 3. The normalized spacial score (nSPS) is 25.7. The summed E-state index contributed by atoms with van der Waals surface area (Å²) in [6.45, 7) is 3.95. The number of rotatable bonds is 3. The first-order valence-corrected chi connectivity index (χ1v) is 9.51. The predicted molar refractivity (Wildman–Crippen MR) is 103 cm³/mol. The van der Waals surface area contributed by atoms with Crippen LogP contribution in [0.1, 0.15) is 30.6 Å². The van der Waals surface area contributed by atoms with Crippen LogP contribution in [0.15, 0.2) is 48.5 Å². The smallest absolute Gasteiger partial charge is 0.244 e. The summed E-state index contributed by atoms with van der Waals surface area (Å²) >= 11 is 0. The lowest BCUT2D eigenvalue weighted by molar-refractivity contribution is -0.129. The van der Waals surface area contributed by atoms with E-state index in [-0.39, 0.29) is 30.0 Å². The molecular formula is C22H22FN3O2. The third-order valence-corrected chi connectivity index (χ3v) is 5.46. The Morgan fingerprint density at radius 1 is 1.11 bits per heavy atom. The number of anilines is 1. The molecule has 0 saturated carbocycles. The Bertz CT molecular complexity index is 891. The molecular weight excluding hydrogens is 357 g/mol. The van der Waals surface area contributed by atoms with Gasteiger partial charge < -0.3 is 9.64 Å². The van der Waals surface area contributed by atoms with Crippen LogP contribution in [-0.2, 0) is 9.53 Å². The van der Waals surface area contributed by atoms with Crippen molar-refractivity contribution in [1.29, 1.82) is 5.26 Å². The zero-order valence-corrected chi connectivity index (χ0v) is 15.7. The van der Waals surface area contributed by atoms with Gasteiger partial charge in [-0.2, -0.15) is 5.26 Å². The molecule has 1 amide bonds. The fourth-order valence-corrected chi connectivity index (χ4v) is 4.08. The average Bonchev–Trinajstić information content (AvgIpc) is 3.09. The number of carbonyl (C=O) groups is 1. The number of ether oxygens (including phenoxy) is 1. The van der Waals surface area contributed by atoms with Crippen molar-refractivity contribution in [2.45, 2.75) is 31.6 Å². The number of amides is 1. The number of halogens is 1. The van der Waals surface area contributed by atoms with Gasteiger partial charge in [0, 0.05) is 25.3 Å². The molecule has 0 bridgehead atoms. The molecule has 0 spiro atoms. The zero-order valence-electron chi connectivity index (χ0n) is 15.7. The first-order chi connectivity index (χ1) is 13.5. The second-order valence-electron chi connectivity index (χ2n) is 7.39. The lowest BCUT2D eigenvalue weighted by Gasteiger charge is -2.39. The lowest BCUT2D eigenvalue weighted by Crippen LogP contribution is -2.50. The van der Waals surface area contributed by atoms with Crippen LogP contribution < -0.4 is 4.90 Å². The second kappa shape index (κ2) is 7.70. The summed E-state index contributed by atoms with van der Waals surface area (Å²) < 4.78 is 19.3. The van der Waals surface area contributed by atoms with Crippen molar-refractivity contribution in [3.05, 3.63) is 65.5 Å². The molecule has 2 aromatic carbocycles. The molecule has 0 radical (unpaired) electrons. The Hall–Kier alpha value is -2.75. The summed E-state index contributed by atoms with van der Waals surface area (Å²) in [6.07, 6.45) is 0.559. The molecule has 3 unspecified atom stereocenters. The van der Waals surface area contributed by atoms with E-state index in [9.17, 15) is 9.18 Å². The number of carbonyl (C=O) groups excluding carboxylic acids is 1. The van der Waals surface area contributed by atoms with Crippen molar-refractivity contribution < 1.29 is 13.9 Å². The highest BCUT2D eigenvalue weighted by Crippen LogP contribution is 2.31. The van der Waals surface area contributed by atoms with Gasteiger partial charge in [0.05, 0.1) is 29.9 Å². The molecule has 6 heteroatoms. The van der Waals surface area contributed by atoms with E-state index in [2.05, 4.69) is 11.0 Å². The number of benzene rings is 2. The molecule has 4 rings (SSSR count). The number of hydrogen-bond acceptors (Lipinski definition) is 4. The van der Waals surface area contributed by atoms with E-state index in [0.717, 1.165) is 17.7 Å². The summed E-state index contributed by atoms with van der Waals surface area (Å²) in [5, 5.41) is 8.95. The van der Waals surface area contributed by atoms with Crippen molar-refractivity contribution in [2.24, 2.45) is 0 Å². The summed E-state index contributed by atoms with van der Waals surface area (Å²) in [5.74, 6) is -0.190. The SMILES string of the molecule is CC1CN(C2CCN(c3ccc(C#N)cc3)C2=O)CC(c2ccc(F)cc2)O1. The van der Waals surface area contributed by atoms with E-state index < -0.39 is 0 Å². The van der Waals surface area contributed by atoms with Crippen molar-refractivity contribution in [3.63, 3.8) is 0 Å². The largest absolute Gasteiger partial charge is 0.368 e. The topological polar surface area (TPSA) is 56.6 Å². The quantitative estimate of drug-likeness (QED) is 0.821. The van der Waals surface area contributed by atoms with Gasteiger partial charge in [-0.3, -0.25) is 9.69 Å². The molecule has 144 valence electrons. The minimum atomic E-state index is -0.270. The van der Waals surface area contributed by atoms with Gasteiger partial charge in [-0.05, 0) is 55.3 Å². The van der Waals surface area contributed by atoms with Gasteiger partial charge in [-0.15, -0.1) is 0 Å². The molecule has 2 heterocycles. The van der Waals surface area contributed by atoms with Gasteiger partial charge in [0.1, 0.15) is 5.82 Å². The van der Waals surface area contributed by atoms with E-state index >= 15 is 0 Å². The van der Waals surface area contributed by atoms with E-state index in [0.29, 0.717) is 25.2 Å². The molecule has 2 saturated heterocycles. The third kappa shape index (κ3) is 3.64. The third-order valence-electron chi connectivity index (χ3n) is 5.46. The second-order valence-corrected chi connectivity index (χ2v) is 7.39. The fourth-order valence-electron chi connectivity index (χ4n) is 4.08. The predicted octanol–water partition coefficient (Wildman–Crippen LogP) is 3.26. The van der Waals surface area contributed by atoms with Crippen LogP contribution in [0, 0.1) is 17.1 Å². The van der Waals surface area contributed by atoms with Gasteiger partial charge >= 0.3 is 0 Å². The van der Waals surface area contributed by atoms with Crippen LogP contribution in [0.5, 0.6) is 0 Å². The molecule has 5 nitrogen and oxygen atoms in total. The van der Waals surface area contributed by atoms with Gasteiger partial charge in [0.2, 0.25) is 5.91 Å². The van der Waals surface area contributed by atoms with Gasteiger partial charge in [-0.1, -0.05) is 12.1 Å². The van der Waals surface area contributed by atoms with Crippen molar-refractivity contribution in [3.8, 4) is 6.07 Å². The van der Waals surface area contributed by atoms with Crippen LogP contribution >= 0.6 is 0 Å². The summed E-state index contributed by atoms with van der Waals surface area (Å²) in [6, 6.07) is 15.4. The number of nitriles is 1. The Morgan fingerprint density at radius 3 is 2.50 bits per heavy atom. The highest BCUT2D eigenvalue weighted by atomic mass is 19.1. The molecule has 2 aliphatic heterocycles. The standard InChI is InChI=1S/C22H22FN3O2/c1-15-13-25(14-21(28-15)17-4-6-18(23)7-5-17)20-10-11-26(22(20)27)19-8-2-16(12-24)3-9-19/h2-9,15,20-21H,10-11,13-14H2,1H3. The summed E-state index contributed by atoms with van der Waals surface area (Å²) in [7, 11) is 0. The molecule has 2 aliphatic rings. The maximum atomic E-state index is 13.2. The monoisotopic (exact) mass is 379 g/mol. The van der Waals surface area contributed by atoms with E-state index in [1.807, 2.05) is 19.1 Å². The molecule has 0 aliphatic carbocycles. The maximum Gasteiger partial charge on any atom is 0.244 e. The van der Waals surface area contributed by atoms with E-state index in [4.69, 9.17) is 10.00 Å². The lowest BCUT2D eigenvalue weighted by atomic mass is 10.0.